The van der Waals surface area contributed by atoms with Crippen LogP contribution in [0.3, 0.4) is 0 Å². The fraction of sp³-hybridized carbons (Fsp3) is 0.917. The van der Waals surface area contributed by atoms with E-state index in [2.05, 4.69) is 0 Å². The van der Waals surface area contributed by atoms with Crippen LogP contribution in [0.1, 0.15) is 52.4 Å². The van der Waals surface area contributed by atoms with Gasteiger partial charge in [-0.2, -0.15) is 0 Å². The first kappa shape index (κ1) is 12.5. The van der Waals surface area contributed by atoms with E-state index in [9.17, 15) is 4.79 Å². The highest BCUT2D eigenvalue weighted by atomic mass is 16.5. The molecule has 0 radical (unpaired) electrons. The van der Waals surface area contributed by atoms with Gasteiger partial charge in [0.25, 0.3) is 0 Å². The average Bonchev–Trinajstić information content (AvgIpc) is 2.53. The Kier molecular flexibility index (Phi) is 4.58. The topological polar surface area (TPSA) is 46.5 Å². The van der Waals surface area contributed by atoms with Crippen molar-refractivity contribution in [2.75, 3.05) is 6.61 Å². The highest BCUT2D eigenvalue weighted by Crippen LogP contribution is 2.29. The van der Waals surface area contributed by atoms with E-state index < -0.39 is 5.97 Å². The van der Waals surface area contributed by atoms with Crippen LogP contribution in [0.2, 0.25) is 0 Å². The minimum Gasteiger partial charge on any atom is -0.481 e. The number of rotatable bonds is 6. The van der Waals surface area contributed by atoms with Crippen LogP contribution in [-0.4, -0.2) is 23.8 Å². The van der Waals surface area contributed by atoms with Gasteiger partial charge < -0.3 is 9.84 Å². The predicted molar refractivity (Wildman–Crippen MR) is 58.9 cm³/mol. The molecule has 1 unspecified atom stereocenters. The van der Waals surface area contributed by atoms with Gasteiger partial charge in [-0.15, -0.1) is 0 Å². The molecule has 1 aliphatic heterocycles. The Hall–Kier alpha value is -0.570. The van der Waals surface area contributed by atoms with Crippen LogP contribution in [0.5, 0.6) is 0 Å². The number of carboxylic acid groups (broad SMARTS) is 1. The molecule has 0 amide bonds. The summed E-state index contributed by atoms with van der Waals surface area (Å²) >= 11 is 0. The van der Waals surface area contributed by atoms with E-state index in [-0.39, 0.29) is 11.8 Å². The van der Waals surface area contributed by atoms with Gasteiger partial charge in [0.15, 0.2) is 0 Å². The summed E-state index contributed by atoms with van der Waals surface area (Å²) in [7, 11) is 0. The van der Waals surface area contributed by atoms with E-state index in [0.717, 1.165) is 25.9 Å². The summed E-state index contributed by atoms with van der Waals surface area (Å²) < 4.78 is 5.53. The lowest BCUT2D eigenvalue weighted by atomic mass is 9.83. The third-order valence-corrected chi connectivity index (χ3v) is 3.03. The lowest BCUT2D eigenvalue weighted by Crippen LogP contribution is -2.17. The van der Waals surface area contributed by atoms with Gasteiger partial charge in [0, 0.05) is 6.61 Å². The molecule has 0 aromatic rings. The molecular formula is C12H22O3. The van der Waals surface area contributed by atoms with Gasteiger partial charge in [-0.3, -0.25) is 4.79 Å². The molecule has 15 heavy (non-hydrogen) atoms. The van der Waals surface area contributed by atoms with Gasteiger partial charge in [0.1, 0.15) is 0 Å². The molecule has 0 spiro atoms. The molecule has 3 heteroatoms. The van der Waals surface area contributed by atoms with Crippen LogP contribution in [0.25, 0.3) is 0 Å². The molecule has 0 bridgehead atoms. The van der Waals surface area contributed by atoms with Crippen molar-refractivity contribution in [3.05, 3.63) is 0 Å². The second-order valence-electron chi connectivity index (χ2n) is 5.26. The minimum absolute atomic E-state index is 0.0789. The first-order chi connectivity index (χ1) is 6.99. The number of ether oxygens (including phenoxy) is 1. The third-order valence-electron chi connectivity index (χ3n) is 3.03. The summed E-state index contributed by atoms with van der Waals surface area (Å²) in [4.78, 5) is 10.6. The molecule has 0 aliphatic carbocycles. The molecule has 1 fully saturated rings. The van der Waals surface area contributed by atoms with Crippen molar-refractivity contribution in [1.29, 1.82) is 0 Å². The van der Waals surface area contributed by atoms with E-state index in [1.807, 2.05) is 13.8 Å². The largest absolute Gasteiger partial charge is 0.481 e. The summed E-state index contributed by atoms with van der Waals surface area (Å²) in [6.07, 6.45) is 6.19. The van der Waals surface area contributed by atoms with Gasteiger partial charge in [0.05, 0.1) is 12.5 Å². The lowest BCUT2D eigenvalue weighted by molar-refractivity contribution is -0.139. The van der Waals surface area contributed by atoms with Crippen molar-refractivity contribution in [3.8, 4) is 0 Å². The Bertz CT molecular complexity index is 205. The molecular weight excluding hydrogens is 192 g/mol. The number of carboxylic acids is 1. The van der Waals surface area contributed by atoms with Gasteiger partial charge in [-0.1, -0.05) is 20.3 Å². The molecule has 3 nitrogen and oxygen atoms in total. The standard InChI is InChI=1S/C12H22O3/c1-12(2,9-11(13)14)7-3-5-10-6-4-8-15-10/h10H,3-9H2,1-2H3,(H,13,14). The van der Waals surface area contributed by atoms with Crippen LogP contribution >= 0.6 is 0 Å². The van der Waals surface area contributed by atoms with Crippen molar-refractivity contribution in [1.82, 2.24) is 0 Å². The first-order valence-corrected chi connectivity index (χ1v) is 5.83. The predicted octanol–water partition coefficient (Wildman–Crippen LogP) is 2.84. The Labute approximate surface area is 91.8 Å². The zero-order valence-corrected chi connectivity index (χ0v) is 9.79. The zero-order chi connectivity index (χ0) is 11.3. The summed E-state index contributed by atoms with van der Waals surface area (Å²) in [6.45, 7) is 4.95. The van der Waals surface area contributed by atoms with Crippen LogP contribution in [0, 0.1) is 5.41 Å². The van der Waals surface area contributed by atoms with E-state index in [4.69, 9.17) is 9.84 Å². The average molecular weight is 214 g/mol. The molecule has 1 rings (SSSR count). The summed E-state index contributed by atoms with van der Waals surface area (Å²) in [5.74, 6) is -0.697. The van der Waals surface area contributed by atoms with Gasteiger partial charge in [-0.05, 0) is 31.1 Å². The highest BCUT2D eigenvalue weighted by Gasteiger charge is 2.22. The monoisotopic (exact) mass is 214 g/mol. The number of hydrogen-bond donors (Lipinski definition) is 1. The summed E-state index contributed by atoms with van der Waals surface area (Å²) in [5, 5.41) is 8.74. The van der Waals surface area contributed by atoms with Crippen molar-refractivity contribution < 1.29 is 14.6 Å². The van der Waals surface area contributed by atoms with Crippen molar-refractivity contribution in [2.45, 2.75) is 58.5 Å². The van der Waals surface area contributed by atoms with Gasteiger partial charge in [-0.25, -0.2) is 0 Å². The minimum atomic E-state index is -0.697. The maximum absolute atomic E-state index is 10.6. The molecule has 0 saturated carbocycles. The Morgan fingerprint density at radius 1 is 1.53 bits per heavy atom. The molecule has 0 aromatic carbocycles. The lowest BCUT2D eigenvalue weighted by Gasteiger charge is -2.22. The molecule has 1 saturated heterocycles. The second-order valence-corrected chi connectivity index (χ2v) is 5.26. The molecule has 1 atom stereocenters. The fourth-order valence-corrected chi connectivity index (χ4v) is 2.18. The normalized spacial score (nSPS) is 21.9. The highest BCUT2D eigenvalue weighted by molar-refractivity contribution is 5.67. The van der Waals surface area contributed by atoms with E-state index >= 15 is 0 Å². The van der Waals surface area contributed by atoms with Crippen LogP contribution in [0.15, 0.2) is 0 Å². The van der Waals surface area contributed by atoms with Crippen LogP contribution < -0.4 is 0 Å². The fourth-order valence-electron chi connectivity index (χ4n) is 2.18. The van der Waals surface area contributed by atoms with Crippen molar-refractivity contribution in [2.24, 2.45) is 5.41 Å². The van der Waals surface area contributed by atoms with Crippen molar-refractivity contribution in [3.63, 3.8) is 0 Å². The van der Waals surface area contributed by atoms with E-state index in [1.54, 1.807) is 0 Å². The van der Waals surface area contributed by atoms with E-state index in [1.165, 1.54) is 12.8 Å². The van der Waals surface area contributed by atoms with Crippen LogP contribution in [0.4, 0.5) is 0 Å². The number of aliphatic carboxylic acids is 1. The summed E-state index contributed by atoms with van der Waals surface area (Å²) in [6, 6.07) is 0. The van der Waals surface area contributed by atoms with Gasteiger partial charge >= 0.3 is 5.97 Å². The molecule has 1 heterocycles. The number of carbonyl (C=O) groups is 1. The molecule has 0 aromatic heterocycles. The quantitative estimate of drug-likeness (QED) is 0.739. The van der Waals surface area contributed by atoms with Crippen molar-refractivity contribution >= 4 is 5.97 Å². The number of hydrogen-bond acceptors (Lipinski definition) is 2. The molecule has 1 aliphatic rings. The van der Waals surface area contributed by atoms with Crippen LogP contribution in [-0.2, 0) is 9.53 Å². The third kappa shape index (κ3) is 5.17. The SMILES string of the molecule is CC(C)(CCCC1CCCO1)CC(=O)O. The zero-order valence-electron chi connectivity index (χ0n) is 9.79. The Morgan fingerprint density at radius 3 is 2.80 bits per heavy atom. The maximum atomic E-state index is 10.6. The second kappa shape index (κ2) is 5.50. The van der Waals surface area contributed by atoms with Gasteiger partial charge in [0.2, 0.25) is 0 Å². The maximum Gasteiger partial charge on any atom is 0.303 e. The smallest absolute Gasteiger partial charge is 0.303 e. The molecule has 1 N–H and O–H groups in total. The Balaban J connectivity index is 2.14. The first-order valence-electron chi connectivity index (χ1n) is 5.83. The molecule has 88 valence electrons. The Morgan fingerprint density at radius 2 is 2.27 bits per heavy atom. The summed E-state index contributed by atoms with van der Waals surface area (Å²) in [5.41, 5.74) is -0.0789. The van der Waals surface area contributed by atoms with E-state index in [0.29, 0.717) is 6.10 Å².